The molecule has 4 aromatic rings. The first-order chi connectivity index (χ1) is 30.5. The molecule has 0 spiro atoms. The third-order valence-corrected chi connectivity index (χ3v) is 12.9. The summed E-state index contributed by atoms with van der Waals surface area (Å²) in [5.74, 6) is -1.80. The minimum absolute atomic E-state index is 0.000237. The number of benzene rings is 2. The van der Waals surface area contributed by atoms with Gasteiger partial charge in [-0.05, 0) is 111 Å². The van der Waals surface area contributed by atoms with Crippen LogP contribution in [0.4, 0.5) is 4.79 Å². The van der Waals surface area contributed by atoms with E-state index in [9.17, 15) is 24.3 Å². The Morgan fingerprint density at radius 2 is 1.86 bits per heavy atom. The Morgan fingerprint density at radius 1 is 1.08 bits per heavy atom. The van der Waals surface area contributed by atoms with Crippen LogP contribution in [0, 0.1) is 11.3 Å². The molecule has 2 fully saturated rings. The average Bonchev–Trinajstić information content (AvgIpc) is 3.82. The van der Waals surface area contributed by atoms with Crippen molar-refractivity contribution in [3.63, 3.8) is 0 Å². The number of hydrogen-bond donors (Lipinski definition) is 3. The van der Waals surface area contributed by atoms with Crippen LogP contribution in [-0.2, 0) is 48.0 Å². The molecule has 5 heterocycles. The molecule has 15 nitrogen and oxygen atoms in total. The van der Waals surface area contributed by atoms with E-state index >= 15 is 0 Å². The summed E-state index contributed by atoms with van der Waals surface area (Å²) in [6, 6.07) is 12.6. The van der Waals surface area contributed by atoms with Crippen molar-refractivity contribution in [1.82, 2.24) is 35.1 Å². The predicted octanol–water partition coefficient (Wildman–Crippen LogP) is 6.25. The van der Waals surface area contributed by atoms with Gasteiger partial charge in [0, 0.05) is 74.8 Å². The van der Waals surface area contributed by atoms with Crippen LogP contribution >= 0.6 is 0 Å². The number of fused-ring (bicyclic) bond motifs is 6. The Kier molecular flexibility index (Phi) is 14.0. The smallest absolute Gasteiger partial charge is 0.410 e. The average molecular weight is 880 g/mol. The van der Waals surface area contributed by atoms with Gasteiger partial charge in [-0.3, -0.25) is 29.3 Å². The third kappa shape index (κ3) is 9.91. The topological polar surface area (TPSA) is 168 Å². The van der Waals surface area contributed by atoms with Gasteiger partial charge in [0.15, 0.2) is 0 Å². The SMILES string of the molecule is CCn1c(-c2cccnc2[C@H](C)OC)c2c3cc(ccc31)-c1cc(O)cc(c1)C[C@H](NC(=O)[C@H](C(C)C)N(C)C(=O)O[C@H]1CCN(C)C1)C(=O)N1CCC[C@H](N1)C(=O)OCC(C)(C)C2. The quantitative estimate of drug-likeness (QED) is 0.163. The molecular formula is C49H65N7O8. The largest absolute Gasteiger partial charge is 0.508 e. The Bertz CT molecular complexity index is 2380. The molecule has 0 radical (unpaired) electrons. The first kappa shape index (κ1) is 46.5. The number of aromatic hydroxyl groups is 1. The number of likely N-dealkylation sites (tertiary alicyclic amines) is 1. The number of rotatable bonds is 9. The van der Waals surface area contributed by atoms with Crippen molar-refractivity contribution in [2.45, 2.75) is 111 Å². The van der Waals surface area contributed by atoms with Crippen molar-refractivity contribution in [1.29, 1.82) is 0 Å². The van der Waals surface area contributed by atoms with Gasteiger partial charge in [-0.25, -0.2) is 10.2 Å². The van der Waals surface area contributed by atoms with Gasteiger partial charge in [0.2, 0.25) is 5.91 Å². The van der Waals surface area contributed by atoms with E-state index in [-0.39, 0.29) is 36.9 Å². The number of aromatic nitrogens is 2. The van der Waals surface area contributed by atoms with Crippen molar-refractivity contribution in [3.05, 3.63) is 71.5 Å². The number of cyclic esters (lactones) is 1. The maximum absolute atomic E-state index is 14.6. The standard InChI is InChI=1S/C49H65N7O8/c1-10-55-41-16-15-32-25-37(41)38(44(55)36-13-11-18-50-42(36)30(4)62-9)26-49(5,6)28-63-47(60)39-14-12-19-56(52-39)46(59)40(23-31-21-33(32)24-34(57)22-31)51-45(58)43(29(2)3)54(8)48(61)64-35-17-20-53(7)27-35/h11,13,15-16,18,21-22,24-25,29-30,35,39-40,43,52,57H,10,12,14,17,19-20,23,26-28H2,1-9H3,(H,51,58)/t30-,35-,39-,40-,43-/m0/s1. The van der Waals surface area contributed by atoms with E-state index in [1.54, 1.807) is 25.4 Å². The van der Waals surface area contributed by atoms with E-state index in [1.807, 2.05) is 46.0 Å². The number of amides is 3. The number of pyridine rings is 1. The second-order valence-electron chi connectivity index (χ2n) is 18.9. The van der Waals surface area contributed by atoms with E-state index in [1.165, 1.54) is 17.0 Å². The second-order valence-corrected chi connectivity index (χ2v) is 18.9. The summed E-state index contributed by atoms with van der Waals surface area (Å²) in [5.41, 5.74) is 9.62. The molecule has 3 aliphatic heterocycles. The van der Waals surface area contributed by atoms with Crippen LogP contribution in [0.3, 0.4) is 0 Å². The summed E-state index contributed by atoms with van der Waals surface area (Å²) in [6.07, 6.45) is 2.84. The van der Waals surface area contributed by atoms with Crippen molar-refractivity contribution < 1.29 is 38.5 Å². The number of nitrogens with zero attached hydrogens (tertiary/aromatic N) is 5. The highest BCUT2D eigenvalue weighted by Crippen LogP contribution is 2.42. The number of aryl methyl sites for hydroxylation is 1. The second kappa shape index (κ2) is 19.3. The molecule has 7 rings (SSSR count). The highest BCUT2D eigenvalue weighted by Gasteiger charge is 2.39. The third-order valence-electron chi connectivity index (χ3n) is 12.9. The monoisotopic (exact) mass is 879 g/mol. The van der Waals surface area contributed by atoms with Crippen LogP contribution in [-0.4, -0.2) is 125 Å². The Morgan fingerprint density at radius 3 is 2.56 bits per heavy atom. The molecule has 5 atom stereocenters. The zero-order valence-electron chi connectivity index (χ0n) is 38.8. The number of phenolic OH excluding ortho intramolecular Hbond substituents is 1. The number of methoxy groups -OCH3 is 1. The zero-order chi connectivity index (χ0) is 46.0. The van der Waals surface area contributed by atoms with E-state index in [0.29, 0.717) is 50.9 Å². The number of hydrogen-bond acceptors (Lipinski definition) is 11. The summed E-state index contributed by atoms with van der Waals surface area (Å²) < 4.78 is 20.0. The Labute approximate surface area is 376 Å². The number of phenols is 1. The number of likely N-dealkylation sites (N-methyl/N-ethyl adjacent to an activating group) is 2. The van der Waals surface area contributed by atoms with Crippen LogP contribution in [0.5, 0.6) is 5.75 Å². The first-order valence-electron chi connectivity index (χ1n) is 22.6. The molecule has 0 saturated carbocycles. The van der Waals surface area contributed by atoms with E-state index in [0.717, 1.165) is 51.1 Å². The van der Waals surface area contributed by atoms with Crippen LogP contribution in [0.15, 0.2) is 54.7 Å². The lowest BCUT2D eigenvalue weighted by molar-refractivity contribution is -0.155. The fourth-order valence-corrected chi connectivity index (χ4v) is 9.58. The van der Waals surface area contributed by atoms with Gasteiger partial charge in [-0.15, -0.1) is 0 Å². The molecule has 3 amide bonds. The molecule has 6 bridgehead atoms. The molecule has 2 aromatic heterocycles. The molecule has 15 heteroatoms. The minimum atomic E-state index is -1.14. The van der Waals surface area contributed by atoms with Crippen LogP contribution in [0.2, 0.25) is 0 Å². The molecule has 2 aromatic carbocycles. The maximum atomic E-state index is 14.6. The molecule has 3 N–H and O–H groups in total. The highest BCUT2D eigenvalue weighted by molar-refractivity contribution is 5.96. The molecule has 64 heavy (non-hydrogen) atoms. The fraction of sp³-hybridized carbons (Fsp3) is 0.531. The molecular weight excluding hydrogens is 815 g/mol. The van der Waals surface area contributed by atoms with Gasteiger partial charge in [-0.2, -0.15) is 0 Å². The summed E-state index contributed by atoms with van der Waals surface area (Å²) in [5, 5.41) is 16.7. The lowest BCUT2D eigenvalue weighted by Gasteiger charge is -2.36. The maximum Gasteiger partial charge on any atom is 0.410 e. The molecule has 2 saturated heterocycles. The molecule has 0 aliphatic carbocycles. The van der Waals surface area contributed by atoms with Gasteiger partial charge in [0.05, 0.1) is 24.1 Å². The van der Waals surface area contributed by atoms with E-state index in [4.69, 9.17) is 19.2 Å². The molecule has 3 aliphatic rings. The van der Waals surface area contributed by atoms with Gasteiger partial charge in [-0.1, -0.05) is 39.8 Å². The van der Waals surface area contributed by atoms with Crippen molar-refractivity contribution >= 4 is 34.8 Å². The van der Waals surface area contributed by atoms with Gasteiger partial charge >= 0.3 is 12.1 Å². The zero-order valence-corrected chi connectivity index (χ0v) is 38.8. The van der Waals surface area contributed by atoms with Crippen LogP contribution in [0.1, 0.15) is 83.7 Å². The Balaban J connectivity index is 1.32. The normalized spacial score (nSPS) is 21.6. The summed E-state index contributed by atoms with van der Waals surface area (Å²) in [6.45, 7) is 14.4. The van der Waals surface area contributed by atoms with Crippen molar-refractivity contribution in [3.8, 4) is 28.1 Å². The fourth-order valence-electron chi connectivity index (χ4n) is 9.58. The highest BCUT2D eigenvalue weighted by atomic mass is 16.6. The van der Waals surface area contributed by atoms with E-state index in [2.05, 4.69) is 59.2 Å². The summed E-state index contributed by atoms with van der Waals surface area (Å²) >= 11 is 0. The minimum Gasteiger partial charge on any atom is -0.508 e. The van der Waals surface area contributed by atoms with Crippen molar-refractivity contribution in [2.24, 2.45) is 11.3 Å². The molecule has 344 valence electrons. The molecule has 0 unspecified atom stereocenters. The van der Waals surface area contributed by atoms with Crippen LogP contribution in [0.25, 0.3) is 33.3 Å². The number of carbonyl (C=O) groups is 4. The lowest BCUT2D eigenvalue weighted by atomic mass is 9.84. The van der Waals surface area contributed by atoms with Gasteiger partial charge in [0.1, 0.15) is 30.0 Å². The van der Waals surface area contributed by atoms with Crippen LogP contribution < -0.4 is 10.7 Å². The number of ether oxygens (including phenoxy) is 3. The Hall–Kier alpha value is -5.51. The number of hydrazine groups is 1. The first-order valence-corrected chi connectivity index (χ1v) is 22.6. The number of nitrogens with one attached hydrogen (secondary N) is 2. The number of esters is 1. The summed E-state index contributed by atoms with van der Waals surface area (Å²) in [4.78, 5) is 64.5. The van der Waals surface area contributed by atoms with E-state index < -0.39 is 47.4 Å². The summed E-state index contributed by atoms with van der Waals surface area (Å²) in [7, 11) is 5.18. The van der Waals surface area contributed by atoms with Gasteiger partial charge in [0.25, 0.3) is 5.91 Å². The predicted molar refractivity (Wildman–Crippen MR) is 244 cm³/mol. The number of carbonyl (C=O) groups excluding carboxylic acids is 4. The van der Waals surface area contributed by atoms with Gasteiger partial charge < -0.3 is 34.1 Å². The lowest BCUT2D eigenvalue weighted by Crippen LogP contribution is -2.62. The van der Waals surface area contributed by atoms with Crippen molar-refractivity contribution in [2.75, 3.05) is 47.4 Å².